The van der Waals surface area contributed by atoms with Crippen LogP contribution in [0.4, 0.5) is 5.82 Å². The first-order valence-corrected chi connectivity index (χ1v) is 10.4. The third kappa shape index (κ3) is 2.96. The van der Waals surface area contributed by atoms with E-state index in [9.17, 15) is 0 Å². The Labute approximate surface area is 164 Å². The molecule has 0 saturated carbocycles. The molecule has 0 unspecified atom stereocenters. The number of tetrazole rings is 1. The molecular formula is C18H17N7S2. The lowest BCUT2D eigenvalue weighted by Crippen LogP contribution is -2.09. The van der Waals surface area contributed by atoms with Crippen molar-refractivity contribution < 1.29 is 0 Å². The third-order valence-electron chi connectivity index (χ3n) is 4.79. The van der Waals surface area contributed by atoms with Crippen molar-refractivity contribution >= 4 is 39.1 Å². The normalized spacial score (nSPS) is 16.6. The first kappa shape index (κ1) is 16.6. The van der Waals surface area contributed by atoms with Gasteiger partial charge >= 0.3 is 0 Å². The minimum atomic E-state index is 0.549. The average molecular weight is 396 g/mol. The quantitative estimate of drug-likeness (QED) is 0.530. The minimum absolute atomic E-state index is 0.549. The van der Waals surface area contributed by atoms with E-state index in [-0.39, 0.29) is 0 Å². The van der Waals surface area contributed by atoms with Crippen molar-refractivity contribution in [1.82, 2.24) is 30.2 Å². The first-order valence-electron chi connectivity index (χ1n) is 8.78. The van der Waals surface area contributed by atoms with E-state index in [1.165, 1.54) is 28.6 Å². The van der Waals surface area contributed by atoms with E-state index in [1.807, 2.05) is 30.3 Å². The molecule has 0 amide bonds. The molecule has 0 radical (unpaired) electrons. The Balaban J connectivity index is 1.53. The van der Waals surface area contributed by atoms with Gasteiger partial charge in [-0.25, -0.2) is 9.97 Å². The molecule has 3 heterocycles. The van der Waals surface area contributed by atoms with E-state index < -0.39 is 0 Å². The maximum atomic E-state index is 6.32. The van der Waals surface area contributed by atoms with E-state index in [0.29, 0.717) is 22.0 Å². The maximum Gasteiger partial charge on any atom is 0.221 e. The second-order valence-corrected chi connectivity index (χ2v) is 8.75. The van der Waals surface area contributed by atoms with E-state index in [0.717, 1.165) is 28.7 Å². The molecule has 136 valence electrons. The Morgan fingerprint density at radius 3 is 2.93 bits per heavy atom. The number of nitrogen functional groups attached to an aromatic ring is 1. The lowest BCUT2D eigenvalue weighted by molar-refractivity contribution is 0.509. The summed E-state index contributed by atoms with van der Waals surface area (Å²) in [5.74, 6) is 1.26. The van der Waals surface area contributed by atoms with Crippen molar-refractivity contribution in [3.05, 3.63) is 40.8 Å². The molecule has 1 aliphatic carbocycles. The third-order valence-corrected chi connectivity index (χ3v) is 6.74. The van der Waals surface area contributed by atoms with Gasteiger partial charge < -0.3 is 5.73 Å². The summed E-state index contributed by atoms with van der Waals surface area (Å²) in [6.45, 7) is 2.30. The lowest BCUT2D eigenvalue weighted by Gasteiger charge is -2.17. The van der Waals surface area contributed by atoms with Gasteiger partial charge in [-0.15, -0.1) is 16.4 Å². The van der Waals surface area contributed by atoms with Crippen LogP contribution in [0.3, 0.4) is 0 Å². The molecular weight excluding hydrogens is 378 g/mol. The Morgan fingerprint density at radius 1 is 1.22 bits per heavy atom. The highest BCUT2D eigenvalue weighted by molar-refractivity contribution is 7.99. The number of hydrogen-bond acceptors (Lipinski definition) is 8. The van der Waals surface area contributed by atoms with E-state index >= 15 is 0 Å². The minimum Gasteiger partial charge on any atom is -0.383 e. The zero-order valence-electron chi connectivity index (χ0n) is 14.7. The van der Waals surface area contributed by atoms with Crippen molar-refractivity contribution in [2.24, 2.45) is 5.92 Å². The van der Waals surface area contributed by atoms with E-state index in [4.69, 9.17) is 10.7 Å². The summed E-state index contributed by atoms with van der Waals surface area (Å²) < 4.78 is 1.68. The maximum absolute atomic E-state index is 6.32. The van der Waals surface area contributed by atoms with Gasteiger partial charge in [-0.3, -0.25) is 0 Å². The van der Waals surface area contributed by atoms with Crippen molar-refractivity contribution in [1.29, 1.82) is 0 Å². The van der Waals surface area contributed by atoms with E-state index in [2.05, 4.69) is 27.4 Å². The van der Waals surface area contributed by atoms with Crippen molar-refractivity contribution in [2.45, 2.75) is 36.5 Å². The summed E-state index contributed by atoms with van der Waals surface area (Å²) in [4.78, 5) is 11.7. The fourth-order valence-corrected chi connectivity index (χ4v) is 5.65. The SMILES string of the molecule is C[C@H]1CCc2c(sc3nc(Sc4nnnn4-c4ccccc4)nc(N)c23)C1. The molecule has 5 rings (SSSR count). The molecule has 27 heavy (non-hydrogen) atoms. The van der Waals surface area contributed by atoms with Gasteiger partial charge in [0.25, 0.3) is 0 Å². The number of aryl methyl sites for hydroxylation is 1. The summed E-state index contributed by atoms with van der Waals surface area (Å²) in [7, 11) is 0. The molecule has 0 fully saturated rings. The van der Waals surface area contributed by atoms with Crippen molar-refractivity contribution in [2.75, 3.05) is 5.73 Å². The fraction of sp³-hybridized carbons (Fsp3) is 0.278. The fourth-order valence-electron chi connectivity index (χ4n) is 3.45. The van der Waals surface area contributed by atoms with Crippen LogP contribution < -0.4 is 5.73 Å². The van der Waals surface area contributed by atoms with Crippen molar-refractivity contribution in [3.8, 4) is 5.69 Å². The van der Waals surface area contributed by atoms with Crippen LogP contribution in [0.2, 0.25) is 0 Å². The van der Waals surface area contributed by atoms with E-state index in [1.54, 1.807) is 16.0 Å². The topological polar surface area (TPSA) is 95.4 Å². The molecule has 1 aliphatic rings. The number of para-hydroxylation sites is 1. The predicted molar refractivity (Wildman–Crippen MR) is 106 cm³/mol. The Kier molecular flexibility index (Phi) is 4.05. The molecule has 9 heteroatoms. The van der Waals surface area contributed by atoms with Crippen LogP contribution in [0.1, 0.15) is 23.8 Å². The smallest absolute Gasteiger partial charge is 0.221 e. The summed E-state index contributed by atoms with van der Waals surface area (Å²) >= 11 is 3.06. The second kappa shape index (κ2) is 6.58. The molecule has 7 nitrogen and oxygen atoms in total. The van der Waals surface area contributed by atoms with Crippen molar-refractivity contribution in [3.63, 3.8) is 0 Å². The van der Waals surface area contributed by atoms with Crippen LogP contribution in [0.5, 0.6) is 0 Å². The molecule has 0 spiro atoms. The van der Waals surface area contributed by atoms with Gasteiger partial charge in [0.05, 0.1) is 11.1 Å². The molecule has 0 bridgehead atoms. The van der Waals surface area contributed by atoms with Gasteiger partial charge in [0.1, 0.15) is 10.6 Å². The monoisotopic (exact) mass is 395 g/mol. The Morgan fingerprint density at radius 2 is 2.07 bits per heavy atom. The molecule has 3 aromatic heterocycles. The second-order valence-electron chi connectivity index (χ2n) is 6.73. The van der Waals surface area contributed by atoms with Gasteiger partial charge in [-0.1, -0.05) is 25.1 Å². The first-order chi connectivity index (χ1) is 13.2. The molecule has 4 aromatic rings. The van der Waals surface area contributed by atoms with Gasteiger partial charge in [-0.2, -0.15) is 4.68 Å². The number of benzene rings is 1. The Hall–Kier alpha value is -2.52. The van der Waals surface area contributed by atoms with Gasteiger partial charge in [0, 0.05) is 4.88 Å². The lowest BCUT2D eigenvalue weighted by atomic mass is 9.89. The number of nitrogens with zero attached hydrogens (tertiary/aromatic N) is 6. The number of thiophene rings is 1. The summed E-state index contributed by atoms with van der Waals surface area (Å²) in [6.07, 6.45) is 3.36. The summed E-state index contributed by atoms with van der Waals surface area (Å²) in [5, 5.41) is 14.2. The van der Waals surface area contributed by atoms with Crippen LogP contribution in [0.25, 0.3) is 15.9 Å². The Bertz CT molecular complexity index is 1120. The molecule has 1 atom stereocenters. The predicted octanol–water partition coefficient (Wildman–Crippen LogP) is 3.53. The van der Waals surface area contributed by atoms with Crippen LogP contribution in [-0.2, 0) is 12.8 Å². The number of rotatable bonds is 3. The van der Waals surface area contributed by atoms with Gasteiger partial charge in [0.2, 0.25) is 5.16 Å². The molecule has 2 N–H and O–H groups in total. The summed E-state index contributed by atoms with van der Waals surface area (Å²) in [6, 6.07) is 9.75. The standard InChI is InChI=1S/C18H17N7S2/c1-10-7-8-12-13(9-10)26-16-14(12)15(19)20-17(21-16)27-18-22-23-24-25(18)11-5-3-2-4-6-11/h2-6,10H,7-9H2,1H3,(H2,19,20,21)/t10-/m0/s1. The zero-order chi connectivity index (χ0) is 18.4. The summed E-state index contributed by atoms with van der Waals surface area (Å²) in [5.41, 5.74) is 8.55. The van der Waals surface area contributed by atoms with Crippen LogP contribution in [0, 0.1) is 5.92 Å². The van der Waals surface area contributed by atoms with Gasteiger partial charge in [0.15, 0.2) is 5.16 Å². The highest BCUT2D eigenvalue weighted by atomic mass is 32.2. The van der Waals surface area contributed by atoms with Gasteiger partial charge in [-0.05, 0) is 65.1 Å². The van der Waals surface area contributed by atoms with Crippen LogP contribution in [0.15, 0.2) is 40.6 Å². The van der Waals surface area contributed by atoms with Crippen LogP contribution >= 0.6 is 23.1 Å². The molecule has 0 aliphatic heterocycles. The largest absolute Gasteiger partial charge is 0.383 e. The highest BCUT2D eigenvalue weighted by Gasteiger charge is 2.23. The number of aromatic nitrogens is 6. The number of fused-ring (bicyclic) bond motifs is 3. The number of hydrogen-bond donors (Lipinski definition) is 1. The van der Waals surface area contributed by atoms with Crippen LogP contribution in [-0.4, -0.2) is 30.2 Å². The number of anilines is 1. The molecule has 0 saturated heterocycles. The average Bonchev–Trinajstić information content (AvgIpc) is 3.26. The molecule has 1 aromatic carbocycles. The highest BCUT2D eigenvalue weighted by Crippen LogP contribution is 2.40. The number of nitrogens with two attached hydrogens (primary N) is 1. The zero-order valence-corrected chi connectivity index (χ0v) is 16.3.